The first-order chi connectivity index (χ1) is 20.1. The first kappa shape index (κ1) is 32.8. The smallest absolute Gasteiger partial charge is 0.475 e. The van der Waals surface area contributed by atoms with Gasteiger partial charge in [-0.05, 0) is 42.7 Å². The van der Waals surface area contributed by atoms with Gasteiger partial charge < -0.3 is 14.9 Å². The van der Waals surface area contributed by atoms with E-state index < -0.39 is 48.8 Å². The summed E-state index contributed by atoms with van der Waals surface area (Å²) in [5.41, 5.74) is 2.18. The van der Waals surface area contributed by atoms with Crippen LogP contribution in [0.4, 0.5) is 26.3 Å². The normalized spacial score (nSPS) is 14.3. The van der Waals surface area contributed by atoms with Gasteiger partial charge in [-0.15, -0.1) is 0 Å². The van der Waals surface area contributed by atoms with Crippen LogP contribution in [-0.4, -0.2) is 75.1 Å². The zero-order valence-electron chi connectivity index (χ0n) is 22.8. The van der Waals surface area contributed by atoms with Gasteiger partial charge in [0.25, 0.3) is 17.9 Å². The lowest BCUT2D eigenvalue weighted by Gasteiger charge is -2.39. The van der Waals surface area contributed by atoms with Crippen LogP contribution >= 0.6 is 0 Å². The Morgan fingerprint density at radius 2 is 1.65 bits per heavy atom. The average Bonchev–Trinajstić information content (AvgIpc) is 2.95. The maximum atomic E-state index is 14.6. The third kappa shape index (κ3) is 7.99. The summed E-state index contributed by atoms with van der Waals surface area (Å²) in [6.07, 6.45) is -7.63. The summed E-state index contributed by atoms with van der Waals surface area (Å²) in [6.45, 7) is 2.89. The molecule has 4 rings (SSSR count). The second kappa shape index (κ2) is 13.5. The minimum absolute atomic E-state index is 0.00985. The van der Waals surface area contributed by atoms with Crippen molar-refractivity contribution in [2.24, 2.45) is 0 Å². The summed E-state index contributed by atoms with van der Waals surface area (Å²) in [5, 5.41) is 13.6. The number of piperazine rings is 1. The second-order valence-electron chi connectivity index (χ2n) is 9.55. The Kier molecular flexibility index (Phi) is 10.3. The van der Waals surface area contributed by atoms with Crippen molar-refractivity contribution in [3.63, 3.8) is 0 Å². The Labute approximate surface area is 240 Å². The lowest BCUT2D eigenvalue weighted by atomic mass is 10.0. The molecular weight excluding hydrogens is 586 g/mol. The number of hydrogen-bond acceptors (Lipinski definition) is 5. The van der Waals surface area contributed by atoms with Crippen LogP contribution < -0.4 is 5.56 Å². The number of carbonyl (C=O) groups is 3. The minimum Gasteiger partial charge on any atom is -0.475 e. The van der Waals surface area contributed by atoms with E-state index in [9.17, 15) is 40.7 Å². The fourth-order valence-corrected chi connectivity index (χ4v) is 4.32. The van der Waals surface area contributed by atoms with Crippen LogP contribution in [0.15, 0.2) is 53.3 Å². The van der Waals surface area contributed by atoms with E-state index in [1.807, 2.05) is 0 Å². The highest BCUT2D eigenvalue weighted by molar-refractivity contribution is 5.97. The van der Waals surface area contributed by atoms with Gasteiger partial charge in [-0.3, -0.25) is 14.4 Å². The number of rotatable bonds is 6. The van der Waals surface area contributed by atoms with Crippen LogP contribution in [0.25, 0.3) is 0 Å². The largest absolute Gasteiger partial charge is 0.490 e. The molecular formula is C28H26F6N4O5. The molecule has 3 aromatic rings. The number of nitrogens with zero attached hydrogens (tertiary/aromatic N) is 3. The molecule has 0 aliphatic carbocycles. The summed E-state index contributed by atoms with van der Waals surface area (Å²) >= 11 is 0. The Morgan fingerprint density at radius 1 is 1.02 bits per heavy atom. The van der Waals surface area contributed by atoms with Gasteiger partial charge in [-0.1, -0.05) is 36.4 Å². The van der Waals surface area contributed by atoms with Crippen molar-refractivity contribution in [2.75, 3.05) is 19.6 Å². The van der Waals surface area contributed by atoms with Gasteiger partial charge in [-0.25, -0.2) is 23.1 Å². The van der Waals surface area contributed by atoms with Gasteiger partial charge in [0, 0.05) is 25.1 Å². The second-order valence-corrected chi connectivity index (χ2v) is 9.55. The fourth-order valence-electron chi connectivity index (χ4n) is 4.32. The monoisotopic (exact) mass is 612 g/mol. The van der Waals surface area contributed by atoms with Gasteiger partial charge in [0.15, 0.2) is 0 Å². The summed E-state index contributed by atoms with van der Waals surface area (Å²) in [5.74, 6) is -4.84. The van der Waals surface area contributed by atoms with Crippen molar-refractivity contribution in [1.82, 2.24) is 20.0 Å². The van der Waals surface area contributed by atoms with E-state index in [0.717, 1.165) is 11.0 Å². The first-order valence-corrected chi connectivity index (χ1v) is 12.7. The molecule has 230 valence electrons. The third-order valence-electron chi connectivity index (χ3n) is 6.76. The van der Waals surface area contributed by atoms with Crippen LogP contribution in [0, 0.1) is 19.7 Å². The number of alkyl halides is 5. The van der Waals surface area contributed by atoms with E-state index in [4.69, 9.17) is 9.90 Å². The molecule has 2 aromatic carbocycles. The van der Waals surface area contributed by atoms with Crippen LogP contribution in [-0.2, 0) is 16.0 Å². The zero-order chi connectivity index (χ0) is 32.1. The molecule has 43 heavy (non-hydrogen) atoms. The number of halogens is 6. The van der Waals surface area contributed by atoms with Crippen molar-refractivity contribution in [3.05, 3.63) is 98.2 Å². The van der Waals surface area contributed by atoms with Gasteiger partial charge in [0.2, 0.25) is 5.91 Å². The summed E-state index contributed by atoms with van der Waals surface area (Å²) in [6, 6.07) is 10.6. The molecule has 0 bridgehead atoms. The third-order valence-corrected chi connectivity index (χ3v) is 6.76. The Bertz CT molecular complexity index is 1540. The number of H-pyrrole nitrogens is 1. The highest BCUT2D eigenvalue weighted by atomic mass is 19.4. The molecule has 0 radical (unpaired) electrons. The lowest BCUT2D eigenvalue weighted by molar-refractivity contribution is -0.192. The Balaban J connectivity index is 0.000000646. The molecule has 1 atom stereocenters. The molecule has 2 heterocycles. The van der Waals surface area contributed by atoms with Gasteiger partial charge in [-0.2, -0.15) is 18.3 Å². The average molecular weight is 613 g/mol. The molecule has 0 unspecified atom stereocenters. The molecule has 2 amide bonds. The number of amides is 2. The molecule has 1 aliphatic heterocycles. The highest BCUT2D eigenvalue weighted by Crippen LogP contribution is 2.29. The summed E-state index contributed by atoms with van der Waals surface area (Å²) in [7, 11) is 0. The van der Waals surface area contributed by atoms with Gasteiger partial charge in [0.05, 0.1) is 11.3 Å². The van der Waals surface area contributed by atoms with E-state index in [0.29, 0.717) is 27.9 Å². The molecule has 0 spiro atoms. The minimum atomic E-state index is -5.08. The van der Waals surface area contributed by atoms with E-state index in [1.165, 1.54) is 29.2 Å². The number of aromatic nitrogens is 2. The van der Waals surface area contributed by atoms with Gasteiger partial charge >= 0.3 is 12.1 Å². The predicted octanol–water partition coefficient (Wildman–Crippen LogP) is 4.04. The van der Waals surface area contributed by atoms with Crippen molar-refractivity contribution in [3.8, 4) is 0 Å². The van der Waals surface area contributed by atoms with Crippen LogP contribution in [0.1, 0.15) is 44.3 Å². The lowest BCUT2D eigenvalue weighted by Crippen LogP contribution is -2.54. The number of aliphatic carboxylic acids is 1. The SMILES string of the molecule is Cc1c(Cc2ccc(F)c(C(=O)N3CCN([C@H](c4ccccc4)C(F)F)C(=O)C3)c2)n[nH]c(=O)c1C.O=C(O)C(F)(F)F. The van der Waals surface area contributed by atoms with Crippen LogP contribution in [0.2, 0.25) is 0 Å². The molecule has 2 N–H and O–H groups in total. The van der Waals surface area contributed by atoms with E-state index in [2.05, 4.69) is 10.2 Å². The number of carboxylic acid groups (broad SMARTS) is 1. The first-order valence-electron chi connectivity index (χ1n) is 12.7. The number of carboxylic acids is 1. The fraction of sp³-hybridized carbons (Fsp3) is 0.321. The van der Waals surface area contributed by atoms with E-state index in [1.54, 1.807) is 32.0 Å². The van der Waals surface area contributed by atoms with Gasteiger partial charge in [0.1, 0.15) is 18.4 Å². The van der Waals surface area contributed by atoms with E-state index in [-0.39, 0.29) is 30.6 Å². The summed E-state index contributed by atoms with van der Waals surface area (Å²) in [4.78, 5) is 48.8. The number of nitrogens with one attached hydrogen (secondary N) is 1. The molecule has 0 saturated carbocycles. The molecule has 9 nitrogen and oxygen atoms in total. The number of hydrogen-bond donors (Lipinski definition) is 2. The maximum Gasteiger partial charge on any atom is 0.490 e. The standard InChI is InChI=1S/C26H25F3N4O3.C2HF3O2/c1-15-16(2)25(35)31-30-21(15)13-17-8-9-20(27)19(12-17)26(36)32-10-11-33(22(34)14-32)23(24(28)29)18-6-4-3-5-7-18;3-2(4,5)1(6)7/h3-9,12,23-24H,10-11,13-14H2,1-2H3,(H,31,35);(H,6,7)/t23-;/m1./s1. The molecule has 1 aromatic heterocycles. The molecule has 15 heteroatoms. The molecule has 1 aliphatic rings. The topological polar surface area (TPSA) is 124 Å². The zero-order valence-corrected chi connectivity index (χ0v) is 22.8. The van der Waals surface area contributed by atoms with Crippen molar-refractivity contribution < 1.29 is 45.8 Å². The Morgan fingerprint density at radius 3 is 2.21 bits per heavy atom. The van der Waals surface area contributed by atoms with Crippen molar-refractivity contribution in [2.45, 2.75) is 38.9 Å². The number of benzene rings is 2. The van der Waals surface area contributed by atoms with E-state index >= 15 is 0 Å². The van der Waals surface area contributed by atoms with Crippen LogP contribution in [0.5, 0.6) is 0 Å². The summed E-state index contributed by atoms with van der Waals surface area (Å²) < 4.78 is 74.1. The Hall–Kier alpha value is -4.69. The predicted molar refractivity (Wildman–Crippen MR) is 140 cm³/mol. The number of aromatic amines is 1. The maximum absolute atomic E-state index is 14.6. The highest BCUT2D eigenvalue weighted by Gasteiger charge is 2.39. The number of carbonyl (C=O) groups excluding carboxylic acids is 2. The van der Waals surface area contributed by atoms with Crippen molar-refractivity contribution >= 4 is 17.8 Å². The van der Waals surface area contributed by atoms with Crippen molar-refractivity contribution in [1.29, 1.82) is 0 Å². The van der Waals surface area contributed by atoms with Crippen LogP contribution in [0.3, 0.4) is 0 Å². The molecule has 1 saturated heterocycles. The molecule has 1 fully saturated rings. The quantitative estimate of drug-likeness (QED) is 0.405.